The molecule has 2 aromatic rings. The van der Waals surface area contributed by atoms with Crippen molar-refractivity contribution < 1.29 is 18.0 Å². The summed E-state index contributed by atoms with van der Waals surface area (Å²) in [6.07, 6.45) is 0. The number of nitrogens with two attached hydrogens (primary N) is 1. The molecule has 0 atom stereocenters. The normalized spacial score (nSPS) is 11.3. The monoisotopic (exact) mass is 382 g/mol. The summed E-state index contributed by atoms with van der Waals surface area (Å²) in [5.41, 5.74) is 5.07. The Morgan fingerprint density at radius 3 is 2.28 bits per heavy atom. The van der Waals surface area contributed by atoms with E-state index in [-0.39, 0.29) is 24.5 Å². The number of nitrogens with zero attached hydrogens (tertiary/aromatic N) is 1. The highest BCUT2D eigenvalue weighted by atomic mass is 35.5. The molecule has 0 bridgehead atoms. The third-order valence-corrected chi connectivity index (χ3v) is 5.62. The molecule has 0 saturated heterocycles. The fourth-order valence-corrected chi connectivity index (χ4v) is 4.03. The molecular weight excluding hydrogens is 367 g/mol. The summed E-state index contributed by atoms with van der Waals surface area (Å²) in [6, 6.07) is 8.08. The molecule has 0 fully saturated rings. The summed E-state index contributed by atoms with van der Waals surface area (Å²) in [5, 5.41) is 9.42. The van der Waals surface area contributed by atoms with Crippen LogP contribution in [0.25, 0.3) is 11.3 Å². The zero-order valence-corrected chi connectivity index (χ0v) is 15.3. The Hall–Kier alpha value is -2.10. The van der Waals surface area contributed by atoms with E-state index in [1.54, 1.807) is 44.2 Å². The molecule has 1 aromatic carbocycles. The van der Waals surface area contributed by atoms with Crippen LogP contribution in [-0.2, 0) is 13.6 Å². The minimum atomic E-state index is -4.01. The maximum absolute atomic E-state index is 12.9. The number of halogens is 1. The van der Waals surface area contributed by atoms with Crippen LogP contribution >= 0.6 is 19.2 Å². The number of hydrogen-bond donors (Lipinski definition) is 1. The van der Waals surface area contributed by atoms with E-state index in [4.69, 9.17) is 30.8 Å². The number of benzene rings is 1. The fraction of sp³-hybridized carbons (Fsp3) is 0.250. The highest BCUT2D eigenvalue weighted by Gasteiger charge is 2.36. The van der Waals surface area contributed by atoms with E-state index >= 15 is 0 Å². The number of hydrogen-bond acceptors (Lipinski definition) is 7. The number of rotatable bonds is 6. The quantitative estimate of drug-likeness (QED) is 0.762. The van der Waals surface area contributed by atoms with Gasteiger partial charge < -0.3 is 19.2 Å². The molecule has 1 heterocycles. The lowest BCUT2D eigenvalue weighted by Gasteiger charge is -2.18. The van der Waals surface area contributed by atoms with Crippen LogP contribution < -0.4 is 16.5 Å². The minimum absolute atomic E-state index is 0.0248. The zero-order valence-electron chi connectivity index (χ0n) is 13.6. The minimum Gasteiger partial charge on any atom is -0.438 e. The standard InChI is InChI=1S/C16H16ClN2O5P/c1-3-22-25(21,23-4-2)15-13(20)12(9-18)14(24-16(15)19)10-5-7-11(17)8-6-10/h5-8H,3-4,19H2,1-2H3. The van der Waals surface area contributed by atoms with Crippen LogP contribution in [0, 0.1) is 11.3 Å². The Kier molecular flexibility index (Phi) is 6.04. The fourth-order valence-electron chi connectivity index (χ4n) is 2.21. The van der Waals surface area contributed by atoms with Gasteiger partial charge in [-0.3, -0.25) is 9.36 Å². The van der Waals surface area contributed by atoms with Crippen molar-refractivity contribution in [1.82, 2.24) is 0 Å². The molecular formula is C16H16ClN2O5P. The molecule has 0 aliphatic rings. The van der Waals surface area contributed by atoms with Gasteiger partial charge in [0.05, 0.1) is 13.2 Å². The van der Waals surface area contributed by atoms with Gasteiger partial charge in [0.1, 0.15) is 11.6 Å². The molecule has 2 N–H and O–H groups in total. The molecule has 1 aromatic heterocycles. The smallest absolute Gasteiger partial charge is 0.370 e. The molecule has 25 heavy (non-hydrogen) atoms. The lowest BCUT2D eigenvalue weighted by Crippen LogP contribution is -2.32. The summed E-state index contributed by atoms with van der Waals surface area (Å²) in [5.74, 6) is -0.454. The molecule has 0 radical (unpaired) electrons. The van der Waals surface area contributed by atoms with Gasteiger partial charge >= 0.3 is 7.60 Å². The number of anilines is 1. The van der Waals surface area contributed by atoms with E-state index < -0.39 is 24.2 Å². The number of nitrogen functional groups attached to an aromatic ring is 1. The van der Waals surface area contributed by atoms with Crippen LogP contribution in [0.4, 0.5) is 5.88 Å². The highest BCUT2D eigenvalue weighted by Crippen LogP contribution is 2.47. The van der Waals surface area contributed by atoms with Crippen LogP contribution in [0.1, 0.15) is 19.4 Å². The van der Waals surface area contributed by atoms with Gasteiger partial charge in [0.15, 0.2) is 11.1 Å². The first kappa shape index (κ1) is 19.2. The summed E-state index contributed by atoms with van der Waals surface area (Å²) in [4.78, 5) is 12.8. The van der Waals surface area contributed by atoms with Crippen LogP contribution in [0.2, 0.25) is 5.02 Å². The van der Waals surface area contributed by atoms with Crippen LogP contribution in [0.5, 0.6) is 0 Å². The molecule has 132 valence electrons. The highest BCUT2D eigenvalue weighted by molar-refractivity contribution is 7.62. The summed E-state index contributed by atoms with van der Waals surface area (Å²) < 4.78 is 28.7. The summed E-state index contributed by atoms with van der Waals surface area (Å²) >= 11 is 5.84. The lowest BCUT2D eigenvalue weighted by atomic mass is 10.1. The van der Waals surface area contributed by atoms with Crippen molar-refractivity contribution in [2.75, 3.05) is 18.9 Å². The molecule has 2 rings (SSSR count). The van der Waals surface area contributed by atoms with E-state index in [1.165, 1.54) is 0 Å². The van der Waals surface area contributed by atoms with E-state index in [9.17, 15) is 14.6 Å². The first-order chi connectivity index (χ1) is 11.9. The van der Waals surface area contributed by atoms with Gasteiger partial charge in [-0.1, -0.05) is 11.6 Å². The predicted octanol–water partition coefficient (Wildman–Crippen LogP) is 3.31. The van der Waals surface area contributed by atoms with E-state index in [0.717, 1.165) is 0 Å². The Bertz CT molecular complexity index is 908. The van der Waals surface area contributed by atoms with Gasteiger partial charge in [0, 0.05) is 10.6 Å². The van der Waals surface area contributed by atoms with Gasteiger partial charge in [-0.05, 0) is 38.1 Å². The summed E-state index contributed by atoms with van der Waals surface area (Å²) in [7, 11) is -4.01. The van der Waals surface area contributed by atoms with Crippen molar-refractivity contribution in [2.45, 2.75) is 13.8 Å². The maximum atomic E-state index is 12.9. The third kappa shape index (κ3) is 3.78. The third-order valence-electron chi connectivity index (χ3n) is 3.20. The maximum Gasteiger partial charge on any atom is 0.370 e. The first-order valence-corrected chi connectivity index (χ1v) is 9.32. The molecule has 9 heteroatoms. The Morgan fingerprint density at radius 2 is 1.80 bits per heavy atom. The van der Waals surface area contributed by atoms with Crippen LogP contribution in [0.15, 0.2) is 33.5 Å². The van der Waals surface area contributed by atoms with Gasteiger partial charge in [0.25, 0.3) is 0 Å². The summed E-state index contributed by atoms with van der Waals surface area (Å²) in [6.45, 7) is 3.24. The largest absolute Gasteiger partial charge is 0.438 e. The van der Waals surface area contributed by atoms with Gasteiger partial charge in [0.2, 0.25) is 11.3 Å². The topological polar surface area (TPSA) is 116 Å². The molecule has 0 aliphatic carbocycles. The van der Waals surface area contributed by atoms with Crippen molar-refractivity contribution in [1.29, 1.82) is 5.26 Å². The molecule has 0 saturated carbocycles. The SMILES string of the molecule is CCOP(=O)(OCC)c1c(N)oc(-c2ccc(Cl)cc2)c(C#N)c1=O. The molecule has 7 nitrogen and oxygen atoms in total. The molecule has 0 amide bonds. The average Bonchev–Trinajstić information content (AvgIpc) is 2.55. The van der Waals surface area contributed by atoms with Gasteiger partial charge in [-0.2, -0.15) is 5.26 Å². The van der Waals surface area contributed by atoms with E-state index in [2.05, 4.69) is 0 Å². The molecule has 0 spiro atoms. The second-order valence-corrected chi connectivity index (χ2v) is 7.19. The second kappa shape index (κ2) is 7.85. The second-order valence-electron chi connectivity index (χ2n) is 4.80. The molecule has 0 aliphatic heterocycles. The van der Waals surface area contributed by atoms with Crippen molar-refractivity contribution in [3.05, 3.63) is 45.1 Å². The van der Waals surface area contributed by atoms with Crippen LogP contribution in [0.3, 0.4) is 0 Å². The number of nitriles is 1. The van der Waals surface area contributed by atoms with Crippen molar-refractivity contribution in [2.24, 2.45) is 0 Å². The molecule has 0 unspecified atom stereocenters. The average molecular weight is 383 g/mol. The Morgan fingerprint density at radius 1 is 1.24 bits per heavy atom. The zero-order chi connectivity index (χ0) is 18.6. The van der Waals surface area contributed by atoms with E-state index in [1.807, 2.05) is 0 Å². The van der Waals surface area contributed by atoms with Crippen LogP contribution in [-0.4, -0.2) is 13.2 Å². The predicted molar refractivity (Wildman–Crippen MR) is 95.0 cm³/mol. The Balaban J connectivity index is 2.75. The van der Waals surface area contributed by atoms with Crippen molar-refractivity contribution >= 4 is 30.4 Å². The van der Waals surface area contributed by atoms with E-state index in [0.29, 0.717) is 10.6 Å². The first-order valence-electron chi connectivity index (χ1n) is 7.40. The lowest BCUT2D eigenvalue weighted by molar-refractivity contribution is 0.229. The van der Waals surface area contributed by atoms with Gasteiger partial charge in [-0.15, -0.1) is 0 Å². The van der Waals surface area contributed by atoms with Gasteiger partial charge in [-0.25, -0.2) is 0 Å². The van der Waals surface area contributed by atoms with Crippen molar-refractivity contribution in [3.8, 4) is 17.4 Å². The Labute approximate surface area is 149 Å². The van der Waals surface area contributed by atoms with Crippen molar-refractivity contribution in [3.63, 3.8) is 0 Å².